The summed E-state index contributed by atoms with van der Waals surface area (Å²) in [6.07, 6.45) is 4.64. The molecular formula is C11H18O3. The van der Waals surface area contributed by atoms with E-state index in [-0.39, 0.29) is 12.4 Å². The van der Waals surface area contributed by atoms with Crippen LogP contribution < -0.4 is 0 Å². The van der Waals surface area contributed by atoms with E-state index in [1.165, 1.54) is 0 Å². The normalized spacial score (nSPS) is 36.1. The molecule has 3 heteroatoms. The maximum Gasteiger partial charge on any atom is 0.169 e. The van der Waals surface area contributed by atoms with Crippen molar-refractivity contribution in [1.29, 1.82) is 0 Å². The molecule has 1 N–H and O–H groups in total. The van der Waals surface area contributed by atoms with Gasteiger partial charge in [0.25, 0.3) is 0 Å². The minimum absolute atomic E-state index is 0.243. The molecule has 0 aromatic carbocycles. The molecule has 1 aliphatic heterocycles. The first kappa shape index (κ1) is 10.1. The topological polar surface area (TPSA) is 38.7 Å². The second-order valence-electron chi connectivity index (χ2n) is 4.19. The summed E-state index contributed by atoms with van der Waals surface area (Å²) in [5.74, 6) is 0.308. The molecule has 0 aromatic rings. The molecule has 3 nitrogen and oxygen atoms in total. The van der Waals surface area contributed by atoms with Crippen molar-refractivity contribution >= 4 is 0 Å². The monoisotopic (exact) mass is 198 g/mol. The van der Waals surface area contributed by atoms with Gasteiger partial charge in [-0.3, -0.25) is 0 Å². The summed E-state index contributed by atoms with van der Waals surface area (Å²) >= 11 is 0. The number of ether oxygens (including phenoxy) is 2. The zero-order valence-corrected chi connectivity index (χ0v) is 8.45. The third-order valence-corrected chi connectivity index (χ3v) is 3.40. The Balaban J connectivity index is 2.03. The van der Waals surface area contributed by atoms with E-state index in [1.54, 1.807) is 0 Å². The molecule has 2 fully saturated rings. The van der Waals surface area contributed by atoms with Crippen LogP contribution in [-0.2, 0) is 9.47 Å². The quantitative estimate of drug-likeness (QED) is 0.680. The van der Waals surface area contributed by atoms with Crippen LogP contribution in [0.15, 0.2) is 12.7 Å². The smallest absolute Gasteiger partial charge is 0.169 e. The first-order valence-corrected chi connectivity index (χ1v) is 5.31. The maximum absolute atomic E-state index is 9.19. The molecule has 1 saturated heterocycles. The molecule has 14 heavy (non-hydrogen) atoms. The van der Waals surface area contributed by atoms with Gasteiger partial charge in [0.2, 0.25) is 0 Å². The van der Waals surface area contributed by atoms with Crippen LogP contribution >= 0.6 is 0 Å². The molecule has 1 heterocycles. The lowest BCUT2D eigenvalue weighted by molar-refractivity contribution is -0.192. The van der Waals surface area contributed by atoms with Crippen molar-refractivity contribution in [3.8, 4) is 0 Å². The first-order valence-electron chi connectivity index (χ1n) is 5.31. The fourth-order valence-corrected chi connectivity index (χ4v) is 2.51. The van der Waals surface area contributed by atoms with Crippen LogP contribution in [0.3, 0.4) is 0 Å². The van der Waals surface area contributed by atoms with Gasteiger partial charge in [0.15, 0.2) is 5.79 Å². The summed E-state index contributed by atoms with van der Waals surface area (Å²) in [6, 6.07) is 0. The number of aliphatic hydroxyl groups is 1. The van der Waals surface area contributed by atoms with E-state index in [9.17, 15) is 5.11 Å². The summed E-state index contributed by atoms with van der Waals surface area (Å²) in [5, 5.41) is 9.19. The molecule has 2 atom stereocenters. The van der Waals surface area contributed by atoms with Gasteiger partial charge in [-0.1, -0.05) is 6.08 Å². The number of rotatable bonds is 2. The highest BCUT2D eigenvalue weighted by Crippen LogP contribution is 2.41. The highest BCUT2D eigenvalue weighted by Gasteiger charge is 2.43. The van der Waals surface area contributed by atoms with E-state index in [0.29, 0.717) is 25.0 Å². The Morgan fingerprint density at radius 3 is 2.71 bits per heavy atom. The number of aliphatic hydroxyl groups excluding tert-OH is 1. The molecule has 0 aromatic heterocycles. The minimum atomic E-state index is -0.357. The predicted molar refractivity (Wildman–Crippen MR) is 52.7 cm³/mol. The molecule has 0 bridgehead atoms. The standard InChI is InChI=1S/C11H18O3/c1-2-9-7-11(13-5-6-14-11)4-3-10(9)8-12/h2,9-10,12H,1,3-8H2. The van der Waals surface area contributed by atoms with Crippen LogP contribution in [0.5, 0.6) is 0 Å². The second-order valence-corrected chi connectivity index (χ2v) is 4.19. The molecule has 2 rings (SSSR count). The van der Waals surface area contributed by atoms with Crippen molar-refractivity contribution in [3.63, 3.8) is 0 Å². The Morgan fingerprint density at radius 1 is 1.43 bits per heavy atom. The average Bonchev–Trinajstić information content (AvgIpc) is 2.66. The van der Waals surface area contributed by atoms with Crippen LogP contribution in [-0.4, -0.2) is 30.7 Å². The van der Waals surface area contributed by atoms with Gasteiger partial charge in [0.1, 0.15) is 0 Å². The first-order chi connectivity index (χ1) is 6.79. The van der Waals surface area contributed by atoms with Crippen LogP contribution in [0.2, 0.25) is 0 Å². The summed E-state index contributed by atoms with van der Waals surface area (Å²) in [7, 11) is 0. The zero-order valence-electron chi connectivity index (χ0n) is 8.45. The summed E-state index contributed by atoms with van der Waals surface area (Å²) in [6.45, 7) is 5.46. The fourth-order valence-electron chi connectivity index (χ4n) is 2.51. The molecule has 80 valence electrons. The summed E-state index contributed by atoms with van der Waals surface area (Å²) in [5.41, 5.74) is 0. The lowest BCUT2D eigenvalue weighted by Gasteiger charge is -2.39. The van der Waals surface area contributed by atoms with Crippen LogP contribution in [0.4, 0.5) is 0 Å². The Hall–Kier alpha value is -0.380. The van der Waals surface area contributed by atoms with Gasteiger partial charge in [-0.25, -0.2) is 0 Å². The molecule has 2 unspecified atom stereocenters. The molecule has 0 amide bonds. The van der Waals surface area contributed by atoms with Gasteiger partial charge >= 0.3 is 0 Å². The summed E-state index contributed by atoms with van der Waals surface area (Å²) in [4.78, 5) is 0. The largest absolute Gasteiger partial charge is 0.396 e. The van der Waals surface area contributed by atoms with Gasteiger partial charge in [-0.05, 0) is 18.3 Å². The van der Waals surface area contributed by atoms with Gasteiger partial charge in [-0.2, -0.15) is 0 Å². The van der Waals surface area contributed by atoms with Gasteiger partial charge in [-0.15, -0.1) is 6.58 Å². The predicted octanol–water partition coefficient (Wildman–Crippen LogP) is 1.32. The fraction of sp³-hybridized carbons (Fsp3) is 0.818. The van der Waals surface area contributed by atoms with E-state index in [0.717, 1.165) is 19.3 Å². The third-order valence-electron chi connectivity index (χ3n) is 3.40. The lowest BCUT2D eigenvalue weighted by Crippen LogP contribution is -2.40. The Kier molecular flexibility index (Phi) is 2.91. The molecule has 1 aliphatic carbocycles. The van der Waals surface area contributed by atoms with Crippen LogP contribution in [0.1, 0.15) is 19.3 Å². The third kappa shape index (κ3) is 1.72. The van der Waals surface area contributed by atoms with E-state index >= 15 is 0 Å². The van der Waals surface area contributed by atoms with Crippen molar-refractivity contribution < 1.29 is 14.6 Å². The van der Waals surface area contributed by atoms with Gasteiger partial charge in [0.05, 0.1) is 13.2 Å². The van der Waals surface area contributed by atoms with E-state index in [1.807, 2.05) is 6.08 Å². The SMILES string of the molecule is C=CC1CC2(CCC1CO)OCCO2. The Morgan fingerprint density at radius 2 is 2.14 bits per heavy atom. The second kappa shape index (κ2) is 4.01. The molecule has 2 aliphatic rings. The van der Waals surface area contributed by atoms with Crippen molar-refractivity contribution in [2.45, 2.75) is 25.0 Å². The minimum Gasteiger partial charge on any atom is -0.396 e. The number of allylic oxidation sites excluding steroid dienone is 1. The Bertz CT molecular complexity index is 209. The van der Waals surface area contributed by atoms with Crippen molar-refractivity contribution in [1.82, 2.24) is 0 Å². The van der Waals surface area contributed by atoms with Crippen molar-refractivity contribution in [3.05, 3.63) is 12.7 Å². The Labute approximate surface area is 84.7 Å². The van der Waals surface area contributed by atoms with E-state index < -0.39 is 0 Å². The number of hydrogen-bond donors (Lipinski definition) is 1. The molecule has 0 radical (unpaired) electrons. The van der Waals surface area contributed by atoms with Crippen molar-refractivity contribution in [2.24, 2.45) is 11.8 Å². The van der Waals surface area contributed by atoms with E-state index in [2.05, 4.69) is 6.58 Å². The zero-order chi connectivity index (χ0) is 10.0. The van der Waals surface area contributed by atoms with Gasteiger partial charge in [0, 0.05) is 19.4 Å². The average molecular weight is 198 g/mol. The van der Waals surface area contributed by atoms with Gasteiger partial charge < -0.3 is 14.6 Å². The molecule has 1 saturated carbocycles. The summed E-state index contributed by atoms with van der Waals surface area (Å²) < 4.78 is 11.3. The lowest BCUT2D eigenvalue weighted by atomic mass is 9.76. The highest BCUT2D eigenvalue weighted by molar-refractivity contribution is 4.94. The van der Waals surface area contributed by atoms with Crippen LogP contribution in [0, 0.1) is 11.8 Å². The highest BCUT2D eigenvalue weighted by atomic mass is 16.7. The van der Waals surface area contributed by atoms with Crippen molar-refractivity contribution in [2.75, 3.05) is 19.8 Å². The van der Waals surface area contributed by atoms with E-state index in [4.69, 9.17) is 9.47 Å². The molecule has 1 spiro atoms. The van der Waals surface area contributed by atoms with Crippen LogP contribution in [0.25, 0.3) is 0 Å². The number of hydrogen-bond acceptors (Lipinski definition) is 3. The molecular weight excluding hydrogens is 180 g/mol. The maximum atomic E-state index is 9.19.